The molecule has 1 aliphatic heterocycles. The first-order valence-electron chi connectivity index (χ1n) is 9.53. The molecule has 0 spiro atoms. The van der Waals surface area contributed by atoms with Crippen molar-refractivity contribution in [2.75, 3.05) is 13.1 Å². The number of amides is 1. The number of rotatable bonds is 4. The molecule has 0 unspecified atom stereocenters. The minimum absolute atomic E-state index is 0.270. The highest BCUT2D eigenvalue weighted by Gasteiger charge is 2.26. The summed E-state index contributed by atoms with van der Waals surface area (Å²) >= 11 is 0. The molecule has 1 amide bonds. The number of aryl methyl sites for hydroxylation is 1. The molecule has 140 valence electrons. The summed E-state index contributed by atoms with van der Waals surface area (Å²) in [5.74, 6) is 0.555. The van der Waals surface area contributed by atoms with Crippen molar-refractivity contribution in [3.63, 3.8) is 0 Å². The Morgan fingerprint density at radius 2 is 1.89 bits per heavy atom. The summed E-state index contributed by atoms with van der Waals surface area (Å²) in [5, 5.41) is 0. The Morgan fingerprint density at radius 1 is 1.15 bits per heavy atom. The molecule has 1 saturated heterocycles. The molecule has 4 rings (SSSR count). The van der Waals surface area contributed by atoms with Gasteiger partial charge in [-0.2, -0.15) is 0 Å². The van der Waals surface area contributed by atoms with E-state index in [4.69, 9.17) is 0 Å². The van der Waals surface area contributed by atoms with Crippen LogP contribution in [-0.2, 0) is 6.54 Å². The van der Waals surface area contributed by atoms with Gasteiger partial charge in [-0.15, -0.1) is 0 Å². The molecule has 0 atom stereocenters. The van der Waals surface area contributed by atoms with Crippen molar-refractivity contribution < 1.29 is 4.79 Å². The van der Waals surface area contributed by atoms with Gasteiger partial charge in [-0.3, -0.25) is 4.57 Å². The largest absolute Gasteiger partial charge is 0.338 e. The van der Waals surface area contributed by atoms with E-state index in [0.29, 0.717) is 36.6 Å². The molecule has 7 nitrogen and oxygen atoms in total. The van der Waals surface area contributed by atoms with Gasteiger partial charge in [0.1, 0.15) is 5.52 Å². The molecule has 27 heavy (non-hydrogen) atoms. The van der Waals surface area contributed by atoms with Gasteiger partial charge in [0.25, 0.3) is 0 Å². The van der Waals surface area contributed by atoms with Crippen molar-refractivity contribution in [3.8, 4) is 11.4 Å². The van der Waals surface area contributed by atoms with Crippen LogP contribution >= 0.6 is 0 Å². The van der Waals surface area contributed by atoms with E-state index in [1.807, 2.05) is 30.3 Å². The van der Waals surface area contributed by atoms with E-state index in [0.717, 1.165) is 31.2 Å². The lowest BCUT2D eigenvalue weighted by Gasteiger charge is -2.14. The lowest BCUT2D eigenvalue weighted by atomic mass is 10.2. The summed E-state index contributed by atoms with van der Waals surface area (Å²) < 4.78 is 2.85. The molecule has 0 aliphatic carbocycles. The highest BCUT2D eigenvalue weighted by Crippen LogP contribution is 2.19. The molecule has 0 N–H and O–H groups in total. The van der Waals surface area contributed by atoms with Crippen LogP contribution in [0.25, 0.3) is 22.6 Å². The fourth-order valence-electron chi connectivity index (χ4n) is 3.52. The second kappa shape index (κ2) is 7.34. The van der Waals surface area contributed by atoms with Gasteiger partial charge in [-0.25, -0.2) is 24.1 Å². The van der Waals surface area contributed by atoms with Crippen LogP contribution in [0.3, 0.4) is 0 Å². The first kappa shape index (κ1) is 17.5. The van der Waals surface area contributed by atoms with E-state index in [-0.39, 0.29) is 11.7 Å². The number of likely N-dealkylation sites (tertiary alicyclic amines) is 1. The van der Waals surface area contributed by atoms with E-state index in [1.54, 1.807) is 15.7 Å². The third kappa shape index (κ3) is 3.13. The van der Waals surface area contributed by atoms with Gasteiger partial charge >= 0.3 is 11.7 Å². The van der Waals surface area contributed by atoms with Gasteiger partial charge in [-0.1, -0.05) is 43.7 Å². The molecule has 0 radical (unpaired) electrons. The Hall–Kier alpha value is -2.96. The molecular formula is C20H23N5O2. The third-order valence-electron chi connectivity index (χ3n) is 5.00. The molecule has 0 saturated carbocycles. The predicted molar refractivity (Wildman–Crippen MR) is 104 cm³/mol. The molecular weight excluding hydrogens is 342 g/mol. The Kier molecular flexibility index (Phi) is 4.75. The maximum atomic E-state index is 13.1. The van der Waals surface area contributed by atoms with Crippen LogP contribution in [0.1, 0.15) is 32.6 Å². The minimum Gasteiger partial charge on any atom is -0.324 e. The molecule has 0 bridgehead atoms. The normalized spacial score (nSPS) is 14.2. The maximum absolute atomic E-state index is 13.1. The van der Waals surface area contributed by atoms with Crippen LogP contribution in [0.15, 0.2) is 41.3 Å². The van der Waals surface area contributed by atoms with Crippen LogP contribution in [-0.4, -0.2) is 43.1 Å². The van der Waals surface area contributed by atoms with E-state index in [1.165, 1.54) is 4.57 Å². The van der Waals surface area contributed by atoms with Crippen molar-refractivity contribution >= 4 is 17.2 Å². The molecule has 2 aromatic heterocycles. The van der Waals surface area contributed by atoms with Crippen molar-refractivity contribution in [2.24, 2.45) is 0 Å². The van der Waals surface area contributed by atoms with Gasteiger partial charge in [0.05, 0.1) is 6.20 Å². The number of unbranched alkanes of at least 4 members (excludes halogenated alkanes) is 1. The summed E-state index contributed by atoms with van der Waals surface area (Å²) in [7, 11) is 0. The molecule has 3 heterocycles. The number of hydrogen-bond acceptors (Lipinski definition) is 4. The molecule has 1 aliphatic rings. The molecule has 7 heteroatoms. The zero-order chi connectivity index (χ0) is 18.8. The average Bonchev–Trinajstić information content (AvgIpc) is 3.33. The van der Waals surface area contributed by atoms with Crippen LogP contribution in [0.4, 0.5) is 4.79 Å². The monoisotopic (exact) mass is 365 g/mol. The lowest BCUT2D eigenvalue weighted by molar-refractivity contribution is 0.210. The number of benzene rings is 1. The number of carbonyl (C=O) groups excluding carboxylic acids is 1. The highest BCUT2D eigenvalue weighted by atomic mass is 16.2. The quantitative estimate of drug-likeness (QED) is 0.712. The van der Waals surface area contributed by atoms with Crippen LogP contribution in [0.2, 0.25) is 0 Å². The smallest absolute Gasteiger partial charge is 0.324 e. The van der Waals surface area contributed by atoms with Gasteiger partial charge in [-0.05, 0) is 19.3 Å². The van der Waals surface area contributed by atoms with Crippen molar-refractivity contribution in [3.05, 3.63) is 47.0 Å². The summed E-state index contributed by atoms with van der Waals surface area (Å²) in [6.07, 6.45) is 5.35. The Bertz CT molecular complexity index is 1020. The van der Waals surface area contributed by atoms with Crippen LogP contribution in [0.5, 0.6) is 0 Å². The van der Waals surface area contributed by atoms with E-state index >= 15 is 0 Å². The van der Waals surface area contributed by atoms with Gasteiger partial charge < -0.3 is 4.90 Å². The topological polar surface area (TPSA) is 73.0 Å². The lowest BCUT2D eigenvalue weighted by Crippen LogP contribution is -2.38. The zero-order valence-corrected chi connectivity index (χ0v) is 15.5. The Balaban J connectivity index is 1.87. The Labute approximate surface area is 157 Å². The Morgan fingerprint density at radius 3 is 2.59 bits per heavy atom. The average molecular weight is 365 g/mol. The van der Waals surface area contributed by atoms with Gasteiger partial charge in [0, 0.05) is 25.2 Å². The van der Waals surface area contributed by atoms with Crippen LogP contribution in [0, 0.1) is 0 Å². The summed E-state index contributed by atoms with van der Waals surface area (Å²) in [6.45, 7) is 3.99. The van der Waals surface area contributed by atoms with Gasteiger partial charge in [0.15, 0.2) is 11.5 Å². The van der Waals surface area contributed by atoms with Crippen LogP contribution < -0.4 is 5.69 Å². The fraction of sp³-hybridized carbons (Fsp3) is 0.400. The molecule has 1 fully saturated rings. The van der Waals surface area contributed by atoms with Gasteiger partial charge in [0.2, 0.25) is 0 Å². The van der Waals surface area contributed by atoms with Crippen molar-refractivity contribution in [2.45, 2.75) is 39.2 Å². The molecule has 1 aromatic carbocycles. The fourth-order valence-corrected chi connectivity index (χ4v) is 3.52. The maximum Gasteiger partial charge on any atom is 0.338 e. The summed E-state index contributed by atoms with van der Waals surface area (Å²) in [4.78, 5) is 36.8. The third-order valence-corrected chi connectivity index (χ3v) is 5.00. The number of nitrogens with zero attached hydrogens (tertiary/aromatic N) is 5. The van der Waals surface area contributed by atoms with Crippen molar-refractivity contribution in [1.29, 1.82) is 0 Å². The predicted octanol–water partition coefficient (Wildman–Crippen LogP) is 3.12. The number of fused-ring (bicyclic) bond motifs is 1. The first-order valence-corrected chi connectivity index (χ1v) is 9.53. The number of hydrogen-bond donors (Lipinski definition) is 0. The highest BCUT2D eigenvalue weighted by molar-refractivity contribution is 5.88. The second-order valence-electron chi connectivity index (χ2n) is 6.87. The molecule has 3 aromatic rings. The summed E-state index contributed by atoms with van der Waals surface area (Å²) in [6, 6.07) is 9.38. The standard InChI is InChI=1S/C20H23N5O2/c1-2-3-13-24-18-16(14-21-17(22-18)15-9-5-4-6-10-15)25(20(24)27)19(26)23-11-7-8-12-23/h4-6,9-10,14H,2-3,7-8,11-13H2,1H3. The SMILES string of the molecule is CCCCn1c(=O)n(C(=O)N2CCCC2)c2cnc(-c3ccccc3)nc21. The number of carbonyl (C=O) groups is 1. The summed E-state index contributed by atoms with van der Waals surface area (Å²) in [5.41, 5.74) is 1.56. The number of aromatic nitrogens is 4. The van der Waals surface area contributed by atoms with E-state index in [2.05, 4.69) is 16.9 Å². The number of imidazole rings is 1. The minimum atomic E-state index is -0.324. The van der Waals surface area contributed by atoms with E-state index < -0.39 is 0 Å². The zero-order valence-electron chi connectivity index (χ0n) is 15.5. The van der Waals surface area contributed by atoms with E-state index in [9.17, 15) is 9.59 Å². The second-order valence-corrected chi connectivity index (χ2v) is 6.87. The first-order chi connectivity index (χ1) is 13.2. The van der Waals surface area contributed by atoms with Crippen molar-refractivity contribution in [1.82, 2.24) is 24.0 Å².